The van der Waals surface area contributed by atoms with Gasteiger partial charge < -0.3 is 10.4 Å². The number of carbonyl (C=O) groups is 1. The molecular formula is C14H18N2O4. The molecule has 108 valence electrons. The predicted molar refractivity (Wildman–Crippen MR) is 74.8 cm³/mol. The molecule has 0 radical (unpaired) electrons. The summed E-state index contributed by atoms with van der Waals surface area (Å²) in [5.74, 6) is -0.883. The van der Waals surface area contributed by atoms with Gasteiger partial charge in [-0.05, 0) is 18.9 Å². The molecule has 6 nitrogen and oxygen atoms in total. The van der Waals surface area contributed by atoms with Crippen molar-refractivity contribution >= 4 is 17.3 Å². The van der Waals surface area contributed by atoms with E-state index < -0.39 is 16.4 Å². The van der Waals surface area contributed by atoms with E-state index >= 15 is 0 Å². The molecule has 6 heteroatoms. The van der Waals surface area contributed by atoms with Crippen LogP contribution in [0.3, 0.4) is 0 Å². The van der Waals surface area contributed by atoms with Crippen molar-refractivity contribution in [2.75, 3.05) is 5.32 Å². The number of carboxylic acids is 1. The zero-order chi connectivity index (χ0) is 14.6. The first-order chi connectivity index (χ1) is 9.53. The number of benzene rings is 1. The van der Waals surface area contributed by atoms with Crippen molar-refractivity contribution in [2.45, 2.75) is 44.1 Å². The van der Waals surface area contributed by atoms with E-state index in [1.165, 1.54) is 12.1 Å². The number of carboxylic acid groups (broad SMARTS) is 1. The molecule has 2 rings (SSSR count). The number of anilines is 1. The summed E-state index contributed by atoms with van der Waals surface area (Å²) in [5, 5.41) is 23.4. The molecule has 20 heavy (non-hydrogen) atoms. The average molecular weight is 278 g/mol. The molecule has 0 unspecified atom stereocenters. The molecule has 1 fully saturated rings. The smallest absolute Gasteiger partial charge is 0.329 e. The van der Waals surface area contributed by atoms with E-state index in [0.717, 1.165) is 25.7 Å². The number of nitrogens with zero attached hydrogens (tertiary/aromatic N) is 1. The number of hydrogen-bond acceptors (Lipinski definition) is 4. The van der Waals surface area contributed by atoms with E-state index in [2.05, 4.69) is 5.32 Å². The lowest BCUT2D eigenvalue weighted by Crippen LogP contribution is -2.46. The monoisotopic (exact) mass is 278 g/mol. The molecule has 2 N–H and O–H groups in total. The molecule has 1 aromatic rings. The van der Waals surface area contributed by atoms with Crippen LogP contribution in [0.4, 0.5) is 11.4 Å². The summed E-state index contributed by atoms with van der Waals surface area (Å²) in [4.78, 5) is 22.0. The van der Waals surface area contributed by atoms with E-state index in [4.69, 9.17) is 0 Å². The van der Waals surface area contributed by atoms with Crippen LogP contribution in [-0.4, -0.2) is 21.5 Å². The molecule has 1 aromatic carbocycles. The number of aliphatic carboxylic acids is 1. The molecule has 0 aliphatic heterocycles. The number of nitrogens with one attached hydrogen (secondary N) is 1. The van der Waals surface area contributed by atoms with Gasteiger partial charge in [0.15, 0.2) is 0 Å². The van der Waals surface area contributed by atoms with Crippen molar-refractivity contribution in [2.24, 2.45) is 0 Å². The molecule has 0 aromatic heterocycles. The van der Waals surface area contributed by atoms with E-state index in [1.807, 2.05) is 0 Å². The Kier molecular flexibility index (Phi) is 4.22. The van der Waals surface area contributed by atoms with Gasteiger partial charge in [0.1, 0.15) is 5.54 Å². The van der Waals surface area contributed by atoms with Gasteiger partial charge in [-0.3, -0.25) is 10.1 Å². The van der Waals surface area contributed by atoms with Crippen LogP contribution in [0.2, 0.25) is 0 Å². The molecule has 0 spiro atoms. The molecule has 0 atom stereocenters. The van der Waals surface area contributed by atoms with E-state index in [0.29, 0.717) is 18.5 Å². The Morgan fingerprint density at radius 3 is 2.45 bits per heavy atom. The number of rotatable bonds is 4. The van der Waals surface area contributed by atoms with E-state index in [9.17, 15) is 20.0 Å². The van der Waals surface area contributed by atoms with Crippen molar-refractivity contribution in [3.63, 3.8) is 0 Å². The lowest BCUT2D eigenvalue weighted by Gasteiger charge is -2.30. The molecule has 1 saturated carbocycles. The Morgan fingerprint density at radius 1 is 1.25 bits per heavy atom. The van der Waals surface area contributed by atoms with Gasteiger partial charge in [-0.25, -0.2) is 4.79 Å². The predicted octanol–water partition coefficient (Wildman–Crippen LogP) is 3.18. The molecular weight excluding hydrogens is 260 g/mol. The topological polar surface area (TPSA) is 92.5 Å². The van der Waals surface area contributed by atoms with Crippen LogP contribution in [0.5, 0.6) is 0 Å². The normalized spacial score (nSPS) is 18.0. The zero-order valence-electron chi connectivity index (χ0n) is 11.2. The van der Waals surface area contributed by atoms with Gasteiger partial charge in [0.05, 0.1) is 4.92 Å². The minimum atomic E-state index is -1.01. The maximum Gasteiger partial charge on any atom is 0.329 e. The van der Waals surface area contributed by atoms with Gasteiger partial charge in [0.25, 0.3) is 5.69 Å². The largest absolute Gasteiger partial charge is 0.480 e. The third-order valence-electron chi connectivity index (χ3n) is 3.81. The summed E-state index contributed by atoms with van der Waals surface area (Å²) >= 11 is 0. The van der Waals surface area contributed by atoms with Gasteiger partial charge >= 0.3 is 5.97 Å². The molecule has 0 heterocycles. The minimum absolute atomic E-state index is 0.0378. The van der Waals surface area contributed by atoms with Gasteiger partial charge in [-0.2, -0.15) is 0 Å². The fourth-order valence-corrected chi connectivity index (χ4v) is 2.70. The van der Waals surface area contributed by atoms with E-state index in [1.54, 1.807) is 12.1 Å². The highest BCUT2D eigenvalue weighted by Gasteiger charge is 2.38. The van der Waals surface area contributed by atoms with Crippen molar-refractivity contribution in [1.29, 1.82) is 0 Å². The second-order valence-electron chi connectivity index (χ2n) is 5.23. The lowest BCUT2D eigenvalue weighted by atomic mass is 9.90. The van der Waals surface area contributed by atoms with Crippen LogP contribution in [0.25, 0.3) is 0 Å². The van der Waals surface area contributed by atoms with Crippen LogP contribution in [-0.2, 0) is 4.79 Å². The third kappa shape index (κ3) is 3.07. The summed E-state index contributed by atoms with van der Waals surface area (Å²) in [6, 6.07) is 6.01. The van der Waals surface area contributed by atoms with Gasteiger partial charge in [-0.1, -0.05) is 31.7 Å². The van der Waals surface area contributed by atoms with Gasteiger partial charge in [-0.15, -0.1) is 0 Å². The van der Waals surface area contributed by atoms with Gasteiger partial charge in [0.2, 0.25) is 0 Å². The van der Waals surface area contributed by atoms with Crippen molar-refractivity contribution in [3.05, 3.63) is 34.4 Å². The van der Waals surface area contributed by atoms with Crippen LogP contribution < -0.4 is 5.32 Å². The van der Waals surface area contributed by atoms with Crippen molar-refractivity contribution in [1.82, 2.24) is 0 Å². The fraction of sp³-hybridized carbons (Fsp3) is 0.500. The Morgan fingerprint density at radius 2 is 1.90 bits per heavy atom. The van der Waals surface area contributed by atoms with Crippen LogP contribution in [0, 0.1) is 10.1 Å². The van der Waals surface area contributed by atoms with Crippen LogP contribution in [0.15, 0.2) is 24.3 Å². The number of nitro groups is 1. The van der Waals surface area contributed by atoms with Crippen LogP contribution >= 0.6 is 0 Å². The summed E-state index contributed by atoms with van der Waals surface area (Å²) < 4.78 is 0. The maximum absolute atomic E-state index is 11.7. The van der Waals surface area contributed by atoms with Crippen molar-refractivity contribution in [3.8, 4) is 0 Å². The first kappa shape index (κ1) is 14.3. The molecule has 0 saturated heterocycles. The highest BCUT2D eigenvalue weighted by atomic mass is 16.6. The third-order valence-corrected chi connectivity index (χ3v) is 3.81. The summed E-state index contributed by atoms with van der Waals surface area (Å²) in [6.07, 6.45) is 4.87. The molecule has 0 bridgehead atoms. The van der Waals surface area contributed by atoms with Crippen LogP contribution in [0.1, 0.15) is 38.5 Å². The number of nitro benzene ring substituents is 1. The highest BCUT2D eigenvalue weighted by molar-refractivity contribution is 5.83. The first-order valence-electron chi connectivity index (χ1n) is 6.79. The van der Waals surface area contributed by atoms with Crippen molar-refractivity contribution < 1.29 is 14.8 Å². The SMILES string of the molecule is O=C(O)C1(Nc2cccc([N+](=O)[O-])c2)CCCCCC1. The Balaban J connectivity index is 2.25. The maximum atomic E-state index is 11.7. The second kappa shape index (κ2) is 5.90. The molecule has 1 aliphatic rings. The standard InChI is InChI=1S/C14H18N2O4/c17-13(18)14(8-3-1-2-4-9-14)15-11-6-5-7-12(10-11)16(19)20/h5-7,10,15H,1-4,8-9H2,(H,17,18). The Labute approximate surface area is 117 Å². The first-order valence-corrected chi connectivity index (χ1v) is 6.79. The lowest BCUT2D eigenvalue weighted by molar-refractivity contribution is -0.384. The summed E-state index contributed by atoms with van der Waals surface area (Å²) in [7, 11) is 0. The fourth-order valence-electron chi connectivity index (χ4n) is 2.70. The van der Waals surface area contributed by atoms with Gasteiger partial charge in [0, 0.05) is 17.8 Å². The Hall–Kier alpha value is -2.11. The average Bonchev–Trinajstić information content (AvgIpc) is 2.65. The van der Waals surface area contributed by atoms with E-state index in [-0.39, 0.29) is 5.69 Å². The summed E-state index contributed by atoms with van der Waals surface area (Å²) in [6.45, 7) is 0. The number of non-ortho nitro benzene ring substituents is 1. The Bertz CT molecular complexity index is 508. The molecule has 0 amide bonds. The molecule has 1 aliphatic carbocycles. The second-order valence-corrected chi connectivity index (χ2v) is 5.23. The minimum Gasteiger partial charge on any atom is -0.480 e. The zero-order valence-corrected chi connectivity index (χ0v) is 11.2. The summed E-state index contributed by atoms with van der Waals surface area (Å²) in [5.41, 5.74) is -0.557. The number of hydrogen-bond donors (Lipinski definition) is 2. The quantitative estimate of drug-likeness (QED) is 0.501. The highest BCUT2D eigenvalue weighted by Crippen LogP contribution is 2.32.